The van der Waals surface area contributed by atoms with Crippen LogP contribution in [0.4, 0.5) is 11.4 Å². The quantitative estimate of drug-likeness (QED) is 0.602. The van der Waals surface area contributed by atoms with Crippen molar-refractivity contribution < 1.29 is 26.4 Å². The molecule has 1 unspecified atom stereocenters. The molecule has 0 radical (unpaired) electrons. The first-order chi connectivity index (χ1) is 15.6. The normalized spacial score (nSPS) is 17.4. The van der Waals surface area contributed by atoms with Gasteiger partial charge in [-0.05, 0) is 50.1 Å². The SMILES string of the molecule is CCN(c1ccccc1)S(=O)(=O)c1ccc(OC)c(NC(=O)C2CCCN(S(C)(=O)=O)C2)c1. The summed E-state index contributed by atoms with van der Waals surface area (Å²) in [7, 11) is -5.88. The van der Waals surface area contributed by atoms with Crippen LogP contribution in [0.25, 0.3) is 0 Å². The molecule has 9 nitrogen and oxygen atoms in total. The largest absolute Gasteiger partial charge is 0.495 e. The molecule has 1 amide bonds. The van der Waals surface area contributed by atoms with Crippen molar-refractivity contribution in [3.05, 3.63) is 48.5 Å². The van der Waals surface area contributed by atoms with Crippen LogP contribution in [0.5, 0.6) is 5.75 Å². The van der Waals surface area contributed by atoms with E-state index in [-0.39, 0.29) is 29.6 Å². The second kappa shape index (κ2) is 10.1. The van der Waals surface area contributed by atoms with E-state index in [2.05, 4.69) is 5.32 Å². The highest BCUT2D eigenvalue weighted by atomic mass is 32.2. The third-order valence-corrected chi connectivity index (χ3v) is 8.74. The topological polar surface area (TPSA) is 113 Å². The molecule has 180 valence electrons. The second-order valence-electron chi connectivity index (χ2n) is 7.82. The number of nitrogens with zero attached hydrogens (tertiary/aromatic N) is 2. The molecule has 0 spiro atoms. The molecule has 1 aliphatic rings. The van der Waals surface area contributed by atoms with E-state index in [1.807, 2.05) is 0 Å². The lowest BCUT2D eigenvalue weighted by atomic mass is 9.98. The zero-order chi connectivity index (χ0) is 24.2. The number of nitrogens with one attached hydrogen (secondary N) is 1. The van der Waals surface area contributed by atoms with Gasteiger partial charge >= 0.3 is 0 Å². The number of sulfonamides is 2. The van der Waals surface area contributed by atoms with Gasteiger partial charge in [0.2, 0.25) is 15.9 Å². The van der Waals surface area contributed by atoms with Crippen LogP contribution in [0.15, 0.2) is 53.4 Å². The Kier molecular flexibility index (Phi) is 7.65. The van der Waals surface area contributed by atoms with Crippen molar-refractivity contribution in [3.8, 4) is 5.75 Å². The van der Waals surface area contributed by atoms with E-state index < -0.39 is 26.0 Å². The Balaban J connectivity index is 1.89. The van der Waals surface area contributed by atoms with Gasteiger partial charge < -0.3 is 10.1 Å². The maximum absolute atomic E-state index is 13.4. The fourth-order valence-electron chi connectivity index (χ4n) is 3.85. The zero-order valence-electron chi connectivity index (χ0n) is 18.9. The van der Waals surface area contributed by atoms with Gasteiger partial charge in [-0.1, -0.05) is 18.2 Å². The summed E-state index contributed by atoms with van der Waals surface area (Å²) in [5.41, 5.74) is 0.744. The number of amides is 1. The Bertz CT molecular complexity index is 1200. The standard InChI is InChI=1S/C22H29N3O6S2/c1-4-25(18-10-6-5-7-11-18)33(29,30)19-12-13-21(31-2)20(15-19)23-22(26)17-9-8-14-24(16-17)32(3,27)28/h5-7,10-13,15,17H,4,8-9,14,16H2,1-3H3,(H,23,26). The molecular weight excluding hydrogens is 466 g/mol. The van der Waals surface area contributed by atoms with Crippen molar-refractivity contribution in [1.82, 2.24) is 4.31 Å². The maximum Gasteiger partial charge on any atom is 0.264 e. The number of carbonyl (C=O) groups is 1. The number of hydrogen-bond donors (Lipinski definition) is 1. The van der Waals surface area contributed by atoms with E-state index in [0.29, 0.717) is 30.8 Å². The fraction of sp³-hybridized carbons (Fsp3) is 0.409. The van der Waals surface area contributed by atoms with Gasteiger partial charge in [0, 0.05) is 19.6 Å². The molecule has 0 bridgehead atoms. The third kappa shape index (κ3) is 5.66. The monoisotopic (exact) mass is 495 g/mol. The molecule has 33 heavy (non-hydrogen) atoms. The molecule has 1 fully saturated rings. The van der Waals surface area contributed by atoms with Gasteiger partial charge in [0.25, 0.3) is 10.0 Å². The highest BCUT2D eigenvalue weighted by molar-refractivity contribution is 7.92. The lowest BCUT2D eigenvalue weighted by Gasteiger charge is -2.30. The zero-order valence-corrected chi connectivity index (χ0v) is 20.5. The van der Waals surface area contributed by atoms with Crippen molar-refractivity contribution in [2.75, 3.05) is 42.6 Å². The average Bonchev–Trinajstić information content (AvgIpc) is 2.79. The van der Waals surface area contributed by atoms with Crippen LogP contribution in [0, 0.1) is 5.92 Å². The summed E-state index contributed by atoms with van der Waals surface area (Å²) in [4.78, 5) is 12.9. The fourth-order valence-corrected chi connectivity index (χ4v) is 6.26. The van der Waals surface area contributed by atoms with Gasteiger partial charge in [-0.25, -0.2) is 21.1 Å². The van der Waals surface area contributed by atoms with Crippen LogP contribution in [0.3, 0.4) is 0 Å². The first-order valence-corrected chi connectivity index (χ1v) is 13.9. The smallest absolute Gasteiger partial charge is 0.264 e. The van der Waals surface area contributed by atoms with Gasteiger partial charge in [-0.15, -0.1) is 0 Å². The van der Waals surface area contributed by atoms with Crippen molar-refractivity contribution >= 4 is 37.3 Å². The number of para-hydroxylation sites is 1. The van der Waals surface area contributed by atoms with Crippen LogP contribution in [0.1, 0.15) is 19.8 Å². The molecular formula is C22H29N3O6S2. The number of hydrogen-bond acceptors (Lipinski definition) is 6. The summed E-state index contributed by atoms with van der Waals surface area (Å²) in [6, 6.07) is 13.0. The van der Waals surface area contributed by atoms with Gasteiger partial charge in [-0.2, -0.15) is 0 Å². The number of rotatable bonds is 8. The molecule has 1 N–H and O–H groups in total. The third-order valence-electron chi connectivity index (χ3n) is 5.57. The van der Waals surface area contributed by atoms with Gasteiger partial charge in [0.1, 0.15) is 5.75 Å². The van der Waals surface area contributed by atoms with E-state index in [0.717, 1.165) is 6.26 Å². The van der Waals surface area contributed by atoms with Crippen molar-refractivity contribution in [2.45, 2.75) is 24.7 Å². The molecule has 3 rings (SSSR count). The van der Waals surface area contributed by atoms with E-state index in [9.17, 15) is 21.6 Å². The molecule has 1 atom stereocenters. The number of carbonyl (C=O) groups excluding carboxylic acids is 1. The van der Waals surface area contributed by atoms with Crippen molar-refractivity contribution in [1.29, 1.82) is 0 Å². The average molecular weight is 496 g/mol. The van der Waals surface area contributed by atoms with Gasteiger partial charge in [0.15, 0.2) is 0 Å². The number of benzene rings is 2. The van der Waals surface area contributed by atoms with Crippen LogP contribution < -0.4 is 14.4 Å². The number of methoxy groups -OCH3 is 1. The molecule has 1 aliphatic heterocycles. The first-order valence-electron chi connectivity index (χ1n) is 10.6. The van der Waals surface area contributed by atoms with Crippen LogP contribution in [-0.2, 0) is 24.8 Å². The Labute approximate surface area is 195 Å². The van der Waals surface area contributed by atoms with Crippen molar-refractivity contribution in [3.63, 3.8) is 0 Å². The first kappa shape index (κ1) is 25.0. The second-order valence-corrected chi connectivity index (χ2v) is 11.7. The predicted molar refractivity (Wildman–Crippen MR) is 127 cm³/mol. The highest BCUT2D eigenvalue weighted by Gasteiger charge is 2.31. The minimum absolute atomic E-state index is 0.00529. The molecule has 2 aromatic carbocycles. The van der Waals surface area contributed by atoms with Crippen LogP contribution in [-0.4, -0.2) is 60.0 Å². The molecule has 1 saturated heterocycles. The lowest BCUT2D eigenvalue weighted by Crippen LogP contribution is -2.43. The Morgan fingerprint density at radius 2 is 1.85 bits per heavy atom. The Morgan fingerprint density at radius 1 is 1.15 bits per heavy atom. The molecule has 2 aromatic rings. The summed E-state index contributed by atoms with van der Waals surface area (Å²) in [6.07, 6.45) is 2.23. The lowest BCUT2D eigenvalue weighted by molar-refractivity contribution is -0.120. The molecule has 1 heterocycles. The number of ether oxygens (including phenoxy) is 1. The summed E-state index contributed by atoms with van der Waals surface area (Å²) >= 11 is 0. The molecule has 0 aliphatic carbocycles. The van der Waals surface area contributed by atoms with E-state index in [1.54, 1.807) is 37.3 Å². The summed E-state index contributed by atoms with van der Waals surface area (Å²) in [6.45, 7) is 2.44. The Hall–Kier alpha value is -2.63. The minimum atomic E-state index is -3.90. The summed E-state index contributed by atoms with van der Waals surface area (Å²) < 4.78 is 58.4. The van der Waals surface area contributed by atoms with Crippen LogP contribution in [0.2, 0.25) is 0 Å². The molecule has 11 heteroatoms. The number of piperidine rings is 1. The molecule has 0 aromatic heterocycles. The van der Waals surface area contributed by atoms with Gasteiger partial charge in [-0.3, -0.25) is 9.10 Å². The summed E-state index contributed by atoms with van der Waals surface area (Å²) in [5, 5.41) is 2.74. The van der Waals surface area contributed by atoms with E-state index in [4.69, 9.17) is 4.74 Å². The highest BCUT2D eigenvalue weighted by Crippen LogP contribution is 2.31. The van der Waals surface area contributed by atoms with E-state index >= 15 is 0 Å². The van der Waals surface area contributed by atoms with Crippen molar-refractivity contribution in [2.24, 2.45) is 5.92 Å². The van der Waals surface area contributed by atoms with Gasteiger partial charge in [0.05, 0.1) is 35.6 Å². The molecule has 0 saturated carbocycles. The van der Waals surface area contributed by atoms with Crippen LogP contribution >= 0.6 is 0 Å². The predicted octanol–water partition coefficient (Wildman–Crippen LogP) is 2.52. The minimum Gasteiger partial charge on any atom is -0.495 e. The maximum atomic E-state index is 13.4. The van der Waals surface area contributed by atoms with E-state index in [1.165, 1.54) is 33.9 Å². The summed E-state index contributed by atoms with van der Waals surface area (Å²) in [5.74, 6) is -0.623. The number of anilines is 2. The Morgan fingerprint density at radius 3 is 2.45 bits per heavy atom.